The molecule has 17 heavy (non-hydrogen) atoms. The van der Waals surface area contributed by atoms with Crippen molar-refractivity contribution in [1.82, 2.24) is 9.88 Å². The molecular formula is C13H21N3O. The van der Waals surface area contributed by atoms with Crippen LogP contribution in [0.25, 0.3) is 0 Å². The van der Waals surface area contributed by atoms with E-state index in [0.29, 0.717) is 0 Å². The van der Waals surface area contributed by atoms with Crippen LogP contribution in [-0.4, -0.2) is 42.7 Å². The number of hydrogen-bond donors (Lipinski definition) is 1. The highest BCUT2D eigenvalue weighted by molar-refractivity contribution is 5.40. The Morgan fingerprint density at radius 3 is 3.06 bits per heavy atom. The van der Waals surface area contributed by atoms with Gasteiger partial charge in [0.05, 0.1) is 0 Å². The Bertz CT molecular complexity index is 352. The second-order valence-corrected chi connectivity index (χ2v) is 4.47. The van der Waals surface area contributed by atoms with Gasteiger partial charge in [-0.1, -0.05) is 0 Å². The summed E-state index contributed by atoms with van der Waals surface area (Å²) in [5, 5.41) is 3.17. The standard InChI is InChI=1S/C13H21N3O/c1-3-14-13-10-12(6-7-15-13)17-9-8-16(2)11-4-5-11/h6-7,10-11H,3-5,8-9H2,1-2H3,(H,14,15). The van der Waals surface area contributed by atoms with Gasteiger partial charge in [0, 0.05) is 31.4 Å². The van der Waals surface area contributed by atoms with Gasteiger partial charge in [0.2, 0.25) is 0 Å². The molecule has 0 aromatic carbocycles. The summed E-state index contributed by atoms with van der Waals surface area (Å²) >= 11 is 0. The van der Waals surface area contributed by atoms with E-state index in [1.54, 1.807) is 6.20 Å². The van der Waals surface area contributed by atoms with Gasteiger partial charge < -0.3 is 15.0 Å². The van der Waals surface area contributed by atoms with Crippen molar-refractivity contribution in [3.63, 3.8) is 0 Å². The summed E-state index contributed by atoms with van der Waals surface area (Å²) in [5.41, 5.74) is 0. The molecule has 0 amide bonds. The van der Waals surface area contributed by atoms with Crippen LogP contribution in [0, 0.1) is 0 Å². The van der Waals surface area contributed by atoms with Crippen molar-refractivity contribution in [3.05, 3.63) is 18.3 Å². The van der Waals surface area contributed by atoms with E-state index in [1.165, 1.54) is 12.8 Å². The first-order chi connectivity index (χ1) is 8.29. The summed E-state index contributed by atoms with van der Waals surface area (Å²) in [6.45, 7) is 4.66. The highest BCUT2D eigenvalue weighted by Crippen LogP contribution is 2.24. The Morgan fingerprint density at radius 1 is 1.53 bits per heavy atom. The van der Waals surface area contributed by atoms with Crippen molar-refractivity contribution < 1.29 is 4.74 Å². The first kappa shape index (κ1) is 12.2. The molecule has 0 saturated heterocycles. The van der Waals surface area contributed by atoms with Gasteiger partial charge in [-0.3, -0.25) is 0 Å². The van der Waals surface area contributed by atoms with Crippen molar-refractivity contribution in [3.8, 4) is 5.75 Å². The van der Waals surface area contributed by atoms with Crippen molar-refractivity contribution in [2.45, 2.75) is 25.8 Å². The highest BCUT2D eigenvalue weighted by atomic mass is 16.5. The highest BCUT2D eigenvalue weighted by Gasteiger charge is 2.25. The van der Waals surface area contributed by atoms with Crippen LogP contribution in [-0.2, 0) is 0 Å². The Labute approximate surface area is 103 Å². The van der Waals surface area contributed by atoms with E-state index in [-0.39, 0.29) is 0 Å². The molecule has 4 nitrogen and oxygen atoms in total. The van der Waals surface area contributed by atoms with Crippen molar-refractivity contribution in [2.24, 2.45) is 0 Å². The Morgan fingerprint density at radius 2 is 2.35 bits per heavy atom. The number of nitrogens with zero attached hydrogens (tertiary/aromatic N) is 2. The molecule has 0 aliphatic heterocycles. The lowest BCUT2D eigenvalue weighted by Crippen LogP contribution is -2.26. The molecule has 1 aliphatic rings. The summed E-state index contributed by atoms with van der Waals surface area (Å²) in [7, 11) is 2.16. The van der Waals surface area contributed by atoms with Crippen molar-refractivity contribution in [1.29, 1.82) is 0 Å². The number of anilines is 1. The molecule has 0 atom stereocenters. The SMILES string of the molecule is CCNc1cc(OCCN(C)C2CC2)ccn1. The van der Waals surface area contributed by atoms with Crippen LogP contribution in [0.1, 0.15) is 19.8 Å². The lowest BCUT2D eigenvalue weighted by atomic mass is 10.4. The molecule has 1 saturated carbocycles. The van der Waals surface area contributed by atoms with Crippen LogP contribution in [0.15, 0.2) is 18.3 Å². The van der Waals surface area contributed by atoms with Crippen molar-refractivity contribution >= 4 is 5.82 Å². The molecule has 1 fully saturated rings. The van der Waals surface area contributed by atoms with Crippen molar-refractivity contribution in [2.75, 3.05) is 32.1 Å². The summed E-state index contributed by atoms with van der Waals surface area (Å²) in [6.07, 6.45) is 4.46. The smallest absolute Gasteiger partial charge is 0.129 e. The maximum absolute atomic E-state index is 5.72. The van der Waals surface area contributed by atoms with Crippen LogP contribution in [0.4, 0.5) is 5.82 Å². The monoisotopic (exact) mass is 235 g/mol. The molecule has 1 N–H and O–H groups in total. The molecule has 1 heterocycles. The van der Waals surface area contributed by atoms with Crippen LogP contribution in [0.2, 0.25) is 0 Å². The van der Waals surface area contributed by atoms with Crippen LogP contribution >= 0.6 is 0 Å². The van der Waals surface area contributed by atoms with E-state index in [1.807, 2.05) is 12.1 Å². The van der Waals surface area contributed by atoms with Gasteiger partial charge in [0.15, 0.2) is 0 Å². The fourth-order valence-corrected chi connectivity index (χ4v) is 1.78. The third-order valence-corrected chi connectivity index (χ3v) is 2.97. The number of pyridine rings is 1. The number of hydrogen-bond acceptors (Lipinski definition) is 4. The molecule has 0 radical (unpaired) electrons. The Balaban J connectivity index is 1.75. The summed E-state index contributed by atoms with van der Waals surface area (Å²) in [5.74, 6) is 1.76. The minimum atomic E-state index is 0.739. The first-order valence-corrected chi connectivity index (χ1v) is 6.32. The lowest BCUT2D eigenvalue weighted by molar-refractivity contribution is 0.232. The molecule has 94 valence electrons. The number of nitrogens with one attached hydrogen (secondary N) is 1. The molecule has 0 unspecified atom stereocenters. The fraction of sp³-hybridized carbons (Fsp3) is 0.615. The van der Waals surface area contributed by atoms with Gasteiger partial charge in [-0.25, -0.2) is 4.98 Å². The lowest BCUT2D eigenvalue weighted by Gasteiger charge is -2.16. The van der Waals surface area contributed by atoms with Crippen LogP contribution < -0.4 is 10.1 Å². The summed E-state index contributed by atoms with van der Waals surface area (Å²) in [4.78, 5) is 6.58. The molecule has 1 aromatic heterocycles. The van der Waals surface area contributed by atoms with E-state index in [2.05, 4.69) is 29.2 Å². The number of ether oxygens (including phenoxy) is 1. The first-order valence-electron chi connectivity index (χ1n) is 6.32. The summed E-state index contributed by atoms with van der Waals surface area (Å²) < 4.78 is 5.72. The number of likely N-dealkylation sites (N-methyl/N-ethyl adjacent to an activating group) is 1. The zero-order valence-corrected chi connectivity index (χ0v) is 10.6. The molecule has 1 aromatic rings. The van der Waals surface area contributed by atoms with Crippen LogP contribution in [0.3, 0.4) is 0 Å². The van der Waals surface area contributed by atoms with Crippen LogP contribution in [0.5, 0.6) is 5.75 Å². The van der Waals surface area contributed by atoms with E-state index in [4.69, 9.17) is 4.74 Å². The predicted molar refractivity (Wildman–Crippen MR) is 69.5 cm³/mol. The molecular weight excluding hydrogens is 214 g/mol. The Kier molecular flexibility index (Phi) is 4.20. The van der Waals surface area contributed by atoms with Gasteiger partial charge in [-0.15, -0.1) is 0 Å². The number of rotatable bonds is 7. The van der Waals surface area contributed by atoms with E-state index >= 15 is 0 Å². The molecule has 2 rings (SSSR count). The topological polar surface area (TPSA) is 37.4 Å². The average Bonchev–Trinajstić information content (AvgIpc) is 3.14. The van der Waals surface area contributed by atoms with Gasteiger partial charge in [-0.2, -0.15) is 0 Å². The quantitative estimate of drug-likeness (QED) is 0.784. The van der Waals surface area contributed by atoms with Gasteiger partial charge in [-0.05, 0) is 32.9 Å². The minimum absolute atomic E-state index is 0.739. The maximum atomic E-state index is 5.72. The average molecular weight is 235 g/mol. The second-order valence-electron chi connectivity index (χ2n) is 4.47. The largest absolute Gasteiger partial charge is 0.492 e. The van der Waals surface area contributed by atoms with E-state index < -0.39 is 0 Å². The van der Waals surface area contributed by atoms with E-state index in [9.17, 15) is 0 Å². The molecule has 1 aliphatic carbocycles. The summed E-state index contributed by atoms with van der Waals surface area (Å²) in [6, 6.07) is 4.65. The fourth-order valence-electron chi connectivity index (χ4n) is 1.78. The third kappa shape index (κ3) is 3.89. The third-order valence-electron chi connectivity index (χ3n) is 2.97. The van der Waals surface area contributed by atoms with Gasteiger partial charge in [0.25, 0.3) is 0 Å². The minimum Gasteiger partial charge on any atom is -0.492 e. The molecule has 0 spiro atoms. The predicted octanol–water partition coefficient (Wildman–Crippen LogP) is 1.99. The van der Waals surface area contributed by atoms with E-state index in [0.717, 1.165) is 37.3 Å². The second kappa shape index (κ2) is 5.87. The number of aromatic nitrogens is 1. The molecule has 0 bridgehead atoms. The van der Waals surface area contributed by atoms with Gasteiger partial charge >= 0.3 is 0 Å². The molecule has 4 heteroatoms. The zero-order valence-electron chi connectivity index (χ0n) is 10.6. The Hall–Kier alpha value is -1.29. The van der Waals surface area contributed by atoms with Gasteiger partial charge in [0.1, 0.15) is 18.2 Å². The maximum Gasteiger partial charge on any atom is 0.129 e. The normalized spacial score (nSPS) is 15.0. The zero-order chi connectivity index (χ0) is 12.1.